The molecule has 0 saturated heterocycles. The van der Waals surface area contributed by atoms with E-state index >= 15 is 4.39 Å². The molecule has 0 aliphatic carbocycles. The molecule has 164 valence electrons. The van der Waals surface area contributed by atoms with Gasteiger partial charge < -0.3 is 9.84 Å². The summed E-state index contributed by atoms with van der Waals surface area (Å²) in [4.78, 5) is 17.7. The van der Waals surface area contributed by atoms with Gasteiger partial charge in [-0.3, -0.25) is 9.78 Å². The van der Waals surface area contributed by atoms with Crippen molar-refractivity contribution < 1.29 is 19.0 Å². The zero-order chi connectivity index (χ0) is 22.5. The van der Waals surface area contributed by atoms with Crippen molar-refractivity contribution in [2.45, 2.75) is 58.7 Å². The molecule has 0 aliphatic heterocycles. The highest BCUT2D eigenvalue weighted by molar-refractivity contribution is 6.30. The van der Waals surface area contributed by atoms with Gasteiger partial charge in [0.1, 0.15) is 11.9 Å². The molecule has 0 spiro atoms. The van der Waals surface area contributed by atoms with E-state index in [4.69, 9.17) is 16.3 Å². The first-order valence-corrected chi connectivity index (χ1v) is 10.6. The molecule has 6 heteroatoms. The Balaban J connectivity index is 2.72. The minimum atomic E-state index is -1.17. The van der Waals surface area contributed by atoms with Crippen molar-refractivity contribution in [1.29, 1.82) is 0 Å². The van der Waals surface area contributed by atoms with Crippen LogP contribution in [-0.4, -0.2) is 29.1 Å². The molecule has 0 radical (unpaired) electrons. The Hall–Kier alpha value is -1.82. The monoisotopic (exact) mass is 435 g/mol. The summed E-state index contributed by atoms with van der Waals surface area (Å²) in [5.74, 6) is -2.27. The topological polar surface area (TPSA) is 59.4 Å². The summed E-state index contributed by atoms with van der Waals surface area (Å²) in [5.41, 5.74) is 0.371. The molecule has 2 rings (SSSR count). The molecule has 2 aromatic rings. The number of methoxy groups -OCH3 is 1. The number of halogens is 2. The molecule has 0 aliphatic rings. The van der Waals surface area contributed by atoms with Crippen LogP contribution in [0.4, 0.5) is 4.39 Å². The van der Waals surface area contributed by atoms with E-state index in [0.29, 0.717) is 24.0 Å². The van der Waals surface area contributed by atoms with Gasteiger partial charge in [-0.2, -0.15) is 0 Å². The lowest BCUT2D eigenvalue weighted by molar-refractivity contribution is -0.140. The number of rotatable bonds is 10. The molecule has 0 fully saturated rings. The summed E-state index contributed by atoms with van der Waals surface area (Å²) >= 11 is 5.98. The smallest absolute Gasteiger partial charge is 0.168 e. The zero-order valence-corrected chi connectivity index (χ0v) is 19.0. The molecule has 0 amide bonds. The van der Waals surface area contributed by atoms with Crippen LogP contribution in [0.25, 0.3) is 0 Å². The van der Waals surface area contributed by atoms with E-state index in [-0.39, 0.29) is 10.8 Å². The second kappa shape index (κ2) is 10.5. The van der Waals surface area contributed by atoms with Crippen LogP contribution in [-0.2, 0) is 9.53 Å². The highest BCUT2D eigenvalue weighted by Crippen LogP contribution is 2.49. The summed E-state index contributed by atoms with van der Waals surface area (Å²) in [6.45, 7) is 7.81. The summed E-state index contributed by atoms with van der Waals surface area (Å²) < 4.78 is 20.5. The molecule has 1 N–H and O–H groups in total. The van der Waals surface area contributed by atoms with E-state index < -0.39 is 35.3 Å². The fourth-order valence-electron chi connectivity index (χ4n) is 4.03. The molecule has 1 aromatic carbocycles. The average molecular weight is 436 g/mol. The van der Waals surface area contributed by atoms with Gasteiger partial charge in [0.2, 0.25) is 0 Å². The second-order valence-corrected chi connectivity index (χ2v) is 8.71. The van der Waals surface area contributed by atoms with Crippen LogP contribution in [0, 0.1) is 17.2 Å². The van der Waals surface area contributed by atoms with Crippen molar-refractivity contribution in [1.82, 2.24) is 4.98 Å². The molecule has 4 atom stereocenters. The number of pyridine rings is 1. The lowest BCUT2D eigenvalue weighted by atomic mass is 9.63. The molecule has 0 bridgehead atoms. The number of carbonyl (C=O) groups excluding carboxylic acids is 1. The molecule has 4 unspecified atom stereocenters. The Morgan fingerprint density at radius 1 is 1.30 bits per heavy atom. The van der Waals surface area contributed by atoms with Crippen LogP contribution in [0.2, 0.25) is 5.02 Å². The number of aliphatic hydroxyl groups excluding tert-OH is 1. The fourth-order valence-corrected chi connectivity index (χ4v) is 4.19. The predicted molar refractivity (Wildman–Crippen MR) is 117 cm³/mol. The van der Waals surface area contributed by atoms with Crippen LogP contribution in [0.3, 0.4) is 0 Å². The van der Waals surface area contributed by atoms with Gasteiger partial charge in [0.15, 0.2) is 5.78 Å². The van der Waals surface area contributed by atoms with Crippen LogP contribution in [0.5, 0.6) is 0 Å². The maximum Gasteiger partial charge on any atom is 0.168 e. The first-order valence-electron chi connectivity index (χ1n) is 10.3. The van der Waals surface area contributed by atoms with E-state index in [2.05, 4.69) is 4.98 Å². The number of Topliss-reactive ketones (excluding diaryl/α,β-unsaturated/α-hetero) is 1. The number of ketones is 1. The van der Waals surface area contributed by atoms with Crippen LogP contribution < -0.4 is 0 Å². The summed E-state index contributed by atoms with van der Waals surface area (Å²) in [6.07, 6.45) is 2.39. The van der Waals surface area contributed by atoms with Gasteiger partial charge in [0.05, 0.1) is 12.0 Å². The van der Waals surface area contributed by atoms with Gasteiger partial charge in [-0.1, -0.05) is 57.8 Å². The van der Waals surface area contributed by atoms with E-state index in [1.165, 1.54) is 19.4 Å². The van der Waals surface area contributed by atoms with Crippen molar-refractivity contribution in [3.8, 4) is 0 Å². The first-order chi connectivity index (χ1) is 14.2. The lowest BCUT2D eigenvalue weighted by Crippen LogP contribution is -2.42. The zero-order valence-electron chi connectivity index (χ0n) is 18.2. The molecule has 0 saturated carbocycles. The number of ether oxygens (including phenoxy) is 1. The summed E-state index contributed by atoms with van der Waals surface area (Å²) in [6, 6.07) is 7.91. The average Bonchev–Trinajstić information content (AvgIpc) is 2.73. The van der Waals surface area contributed by atoms with E-state index in [1.807, 2.05) is 27.7 Å². The lowest BCUT2D eigenvalue weighted by Gasteiger charge is -2.42. The van der Waals surface area contributed by atoms with Crippen molar-refractivity contribution in [2.24, 2.45) is 11.3 Å². The van der Waals surface area contributed by atoms with E-state index in [9.17, 15) is 9.90 Å². The van der Waals surface area contributed by atoms with Gasteiger partial charge in [0, 0.05) is 30.4 Å². The van der Waals surface area contributed by atoms with Crippen molar-refractivity contribution in [2.75, 3.05) is 7.11 Å². The standard InChI is InChI=1S/C24H31ClFNO3/c1-6-19(30-5)23(29)20(22(28)15-9-8-12-27-14-15)21(24(3,4)7-2)17-11-10-16(25)13-18(17)26/h8-14,19-22,28H,6-7H2,1-5H3. The maximum atomic E-state index is 15.1. The van der Waals surface area contributed by atoms with Gasteiger partial charge in [-0.15, -0.1) is 0 Å². The van der Waals surface area contributed by atoms with Crippen LogP contribution >= 0.6 is 11.6 Å². The largest absolute Gasteiger partial charge is 0.388 e. The van der Waals surface area contributed by atoms with Crippen LogP contribution in [0.15, 0.2) is 42.7 Å². The summed E-state index contributed by atoms with van der Waals surface area (Å²) in [7, 11) is 1.47. The van der Waals surface area contributed by atoms with Crippen LogP contribution in [0.1, 0.15) is 63.7 Å². The van der Waals surface area contributed by atoms with Gasteiger partial charge in [-0.05, 0) is 41.2 Å². The van der Waals surface area contributed by atoms with Gasteiger partial charge in [0.25, 0.3) is 0 Å². The molecular formula is C24H31ClFNO3. The number of nitrogens with zero attached hydrogens (tertiary/aromatic N) is 1. The Kier molecular flexibility index (Phi) is 8.53. The fraction of sp³-hybridized carbons (Fsp3) is 0.500. The van der Waals surface area contributed by atoms with E-state index in [1.54, 1.807) is 30.5 Å². The number of carbonyl (C=O) groups is 1. The van der Waals surface area contributed by atoms with Crippen molar-refractivity contribution in [3.05, 3.63) is 64.7 Å². The number of aliphatic hydroxyl groups is 1. The SMILES string of the molecule is CCC(OC)C(=O)C(C(O)c1cccnc1)C(c1ccc(Cl)cc1F)C(C)(C)CC. The van der Waals surface area contributed by atoms with Gasteiger partial charge >= 0.3 is 0 Å². The molecule has 4 nitrogen and oxygen atoms in total. The van der Waals surface area contributed by atoms with E-state index in [0.717, 1.165) is 0 Å². The van der Waals surface area contributed by atoms with Crippen molar-refractivity contribution in [3.63, 3.8) is 0 Å². The Morgan fingerprint density at radius 2 is 2.00 bits per heavy atom. The third kappa shape index (κ3) is 5.26. The highest BCUT2D eigenvalue weighted by Gasteiger charge is 2.46. The first kappa shape index (κ1) is 24.4. The predicted octanol–water partition coefficient (Wildman–Crippen LogP) is 5.74. The quantitative estimate of drug-likeness (QED) is 0.517. The highest BCUT2D eigenvalue weighted by atomic mass is 35.5. The minimum absolute atomic E-state index is 0.253. The molecule has 30 heavy (non-hydrogen) atoms. The van der Waals surface area contributed by atoms with Crippen molar-refractivity contribution >= 4 is 17.4 Å². The van der Waals surface area contributed by atoms with Gasteiger partial charge in [-0.25, -0.2) is 4.39 Å². The minimum Gasteiger partial charge on any atom is -0.388 e. The Morgan fingerprint density at radius 3 is 2.50 bits per heavy atom. The summed E-state index contributed by atoms with van der Waals surface area (Å²) in [5, 5.41) is 11.6. The Bertz CT molecular complexity index is 840. The third-order valence-electron chi connectivity index (χ3n) is 6.08. The second-order valence-electron chi connectivity index (χ2n) is 8.28. The number of benzene rings is 1. The third-order valence-corrected chi connectivity index (χ3v) is 6.31. The maximum absolute atomic E-state index is 15.1. The number of hydrogen-bond donors (Lipinski definition) is 1. The normalized spacial score (nSPS) is 16.0. The molecule has 1 aromatic heterocycles. The molecule has 1 heterocycles. The number of hydrogen-bond acceptors (Lipinski definition) is 4. The Labute approximate surface area is 183 Å². The number of aromatic nitrogens is 1. The molecular weight excluding hydrogens is 405 g/mol.